The van der Waals surface area contributed by atoms with Crippen molar-refractivity contribution in [1.29, 1.82) is 0 Å². The minimum Gasteiger partial charge on any atom is -0.490 e. The molecule has 1 aromatic rings. The predicted octanol–water partition coefficient (Wildman–Crippen LogP) is 1.59. The van der Waals surface area contributed by atoms with Gasteiger partial charge in [0.1, 0.15) is 18.5 Å². The maximum absolute atomic E-state index is 9.89. The molecular weight excluding hydrogens is 270 g/mol. The number of methoxy groups -OCH3 is 1. The second kappa shape index (κ2) is 10.6. The lowest BCUT2D eigenvalue weighted by atomic mass is 10.2. The van der Waals surface area contributed by atoms with Crippen LogP contribution in [0.25, 0.3) is 0 Å². The number of aliphatic hydroxyl groups excluding tert-OH is 1. The molecule has 0 heterocycles. The predicted molar refractivity (Wildman–Crippen MR) is 82.6 cm³/mol. The fourth-order valence-corrected chi connectivity index (χ4v) is 1.84. The number of para-hydroxylation sites is 1. The molecule has 5 heteroatoms. The third-order valence-corrected chi connectivity index (χ3v) is 2.94. The molecule has 0 aliphatic carbocycles. The van der Waals surface area contributed by atoms with Crippen LogP contribution in [0.2, 0.25) is 0 Å². The van der Waals surface area contributed by atoms with E-state index in [9.17, 15) is 5.11 Å². The van der Waals surface area contributed by atoms with Crippen LogP contribution in [-0.2, 0) is 16.0 Å². The van der Waals surface area contributed by atoms with Crippen molar-refractivity contribution in [1.82, 2.24) is 5.32 Å². The van der Waals surface area contributed by atoms with E-state index in [0.717, 1.165) is 24.4 Å². The van der Waals surface area contributed by atoms with Crippen molar-refractivity contribution in [3.05, 3.63) is 29.8 Å². The number of ether oxygens (including phenoxy) is 3. The summed E-state index contributed by atoms with van der Waals surface area (Å²) >= 11 is 0. The summed E-state index contributed by atoms with van der Waals surface area (Å²) in [7, 11) is 1.63. The largest absolute Gasteiger partial charge is 0.490 e. The number of hydrogen-bond donors (Lipinski definition) is 2. The third-order valence-electron chi connectivity index (χ3n) is 2.94. The number of nitrogens with one attached hydrogen (secondary N) is 1. The van der Waals surface area contributed by atoms with Crippen LogP contribution >= 0.6 is 0 Å². The molecule has 0 amide bonds. The van der Waals surface area contributed by atoms with E-state index in [1.807, 2.05) is 31.2 Å². The standard InChI is InChI=1S/C16H27NO4/c1-4-17-9-14-7-5-6-8-16(14)21-12-15(18)11-20-13(2)10-19-3/h5-8,13,15,17-18H,4,9-12H2,1-3H3. The molecule has 2 atom stereocenters. The first-order chi connectivity index (χ1) is 10.2. The molecule has 1 rings (SSSR count). The molecule has 0 aliphatic rings. The van der Waals surface area contributed by atoms with Crippen molar-refractivity contribution in [2.45, 2.75) is 32.6 Å². The number of aliphatic hydroxyl groups is 1. The molecule has 0 bridgehead atoms. The van der Waals surface area contributed by atoms with E-state index in [1.165, 1.54) is 0 Å². The first kappa shape index (κ1) is 17.9. The fourth-order valence-electron chi connectivity index (χ4n) is 1.84. The lowest BCUT2D eigenvalue weighted by Crippen LogP contribution is -2.27. The zero-order valence-corrected chi connectivity index (χ0v) is 13.2. The molecule has 0 saturated carbocycles. The van der Waals surface area contributed by atoms with Gasteiger partial charge in [-0.1, -0.05) is 25.1 Å². The van der Waals surface area contributed by atoms with Crippen LogP contribution in [0.3, 0.4) is 0 Å². The molecule has 21 heavy (non-hydrogen) atoms. The molecule has 0 radical (unpaired) electrons. The SMILES string of the molecule is CCNCc1ccccc1OCC(O)COC(C)COC. The van der Waals surface area contributed by atoms with Gasteiger partial charge in [0.05, 0.1) is 19.3 Å². The van der Waals surface area contributed by atoms with E-state index in [-0.39, 0.29) is 19.3 Å². The number of hydrogen-bond acceptors (Lipinski definition) is 5. The second-order valence-electron chi connectivity index (χ2n) is 4.95. The van der Waals surface area contributed by atoms with Gasteiger partial charge in [-0.2, -0.15) is 0 Å². The van der Waals surface area contributed by atoms with E-state index in [1.54, 1.807) is 7.11 Å². The van der Waals surface area contributed by atoms with E-state index in [2.05, 4.69) is 12.2 Å². The highest BCUT2D eigenvalue weighted by molar-refractivity contribution is 5.33. The Hall–Kier alpha value is -1.14. The minimum atomic E-state index is -0.656. The van der Waals surface area contributed by atoms with Crippen molar-refractivity contribution < 1.29 is 19.3 Å². The molecule has 0 spiro atoms. The van der Waals surface area contributed by atoms with E-state index < -0.39 is 6.10 Å². The molecule has 0 aliphatic heterocycles. The Morgan fingerprint density at radius 3 is 2.67 bits per heavy atom. The Morgan fingerprint density at radius 2 is 1.95 bits per heavy atom. The summed E-state index contributed by atoms with van der Waals surface area (Å²) in [6, 6.07) is 7.83. The van der Waals surface area contributed by atoms with E-state index in [4.69, 9.17) is 14.2 Å². The van der Waals surface area contributed by atoms with Crippen LogP contribution < -0.4 is 10.1 Å². The minimum absolute atomic E-state index is 0.0364. The Morgan fingerprint density at radius 1 is 1.19 bits per heavy atom. The molecule has 5 nitrogen and oxygen atoms in total. The van der Waals surface area contributed by atoms with Crippen molar-refractivity contribution in [3.63, 3.8) is 0 Å². The van der Waals surface area contributed by atoms with Crippen LogP contribution in [0.15, 0.2) is 24.3 Å². The molecule has 1 aromatic carbocycles. The summed E-state index contributed by atoms with van der Waals surface area (Å²) < 4.78 is 16.1. The van der Waals surface area contributed by atoms with Crippen LogP contribution in [0.5, 0.6) is 5.75 Å². The average Bonchev–Trinajstić information content (AvgIpc) is 2.50. The van der Waals surface area contributed by atoms with Gasteiger partial charge < -0.3 is 24.6 Å². The van der Waals surface area contributed by atoms with E-state index in [0.29, 0.717) is 6.61 Å². The molecule has 120 valence electrons. The Bertz CT molecular complexity index is 386. The van der Waals surface area contributed by atoms with Gasteiger partial charge in [-0.15, -0.1) is 0 Å². The van der Waals surface area contributed by atoms with Gasteiger partial charge in [-0.3, -0.25) is 0 Å². The fraction of sp³-hybridized carbons (Fsp3) is 0.625. The Kier molecular flexibility index (Phi) is 9.01. The summed E-state index contributed by atoms with van der Waals surface area (Å²) in [4.78, 5) is 0. The normalized spacial score (nSPS) is 13.9. The summed E-state index contributed by atoms with van der Waals surface area (Å²) in [5.74, 6) is 0.794. The number of benzene rings is 1. The second-order valence-corrected chi connectivity index (χ2v) is 4.95. The highest BCUT2D eigenvalue weighted by Gasteiger charge is 2.10. The Balaban J connectivity index is 2.36. The first-order valence-electron chi connectivity index (χ1n) is 7.37. The van der Waals surface area contributed by atoms with Crippen LogP contribution in [-0.4, -0.2) is 50.8 Å². The summed E-state index contributed by atoms with van der Waals surface area (Å²) in [5, 5.41) is 13.2. The van der Waals surface area contributed by atoms with Crippen LogP contribution in [0, 0.1) is 0 Å². The molecule has 2 unspecified atom stereocenters. The Labute approximate surface area is 127 Å². The highest BCUT2D eigenvalue weighted by atomic mass is 16.5. The zero-order valence-electron chi connectivity index (χ0n) is 13.2. The van der Waals surface area contributed by atoms with Crippen molar-refractivity contribution >= 4 is 0 Å². The summed E-state index contributed by atoms with van der Waals surface area (Å²) in [5.41, 5.74) is 1.08. The maximum Gasteiger partial charge on any atom is 0.123 e. The quantitative estimate of drug-likeness (QED) is 0.649. The van der Waals surface area contributed by atoms with Gasteiger partial charge >= 0.3 is 0 Å². The summed E-state index contributed by atoms with van der Waals surface area (Å²) in [6.07, 6.45) is -0.692. The summed E-state index contributed by atoms with van der Waals surface area (Å²) in [6.45, 7) is 6.59. The monoisotopic (exact) mass is 297 g/mol. The zero-order chi connectivity index (χ0) is 15.5. The molecular formula is C16H27NO4. The topological polar surface area (TPSA) is 60.0 Å². The average molecular weight is 297 g/mol. The lowest BCUT2D eigenvalue weighted by Gasteiger charge is -2.17. The van der Waals surface area contributed by atoms with Gasteiger partial charge in [0.2, 0.25) is 0 Å². The molecule has 0 aromatic heterocycles. The molecule has 0 saturated heterocycles. The van der Waals surface area contributed by atoms with Gasteiger partial charge in [-0.25, -0.2) is 0 Å². The van der Waals surface area contributed by atoms with Crippen molar-refractivity contribution in [2.75, 3.05) is 33.5 Å². The van der Waals surface area contributed by atoms with Crippen LogP contribution in [0.4, 0.5) is 0 Å². The van der Waals surface area contributed by atoms with Crippen molar-refractivity contribution in [2.24, 2.45) is 0 Å². The highest BCUT2D eigenvalue weighted by Crippen LogP contribution is 2.17. The van der Waals surface area contributed by atoms with Crippen LogP contribution in [0.1, 0.15) is 19.4 Å². The molecule has 2 N–H and O–H groups in total. The van der Waals surface area contributed by atoms with E-state index >= 15 is 0 Å². The number of rotatable bonds is 11. The maximum atomic E-state index is 9.89. The van der Waals surface area contributed by atoms with Gasteiger partial charge in [-0.05, 0) is 19.5 Å². The van der Waals surface area contributed by atoms with Gasteiger partial charge in [0, 0.05) is 19.2 Å². The first-order valence-corrected chi connectivity index (χ1v) is 7.37. The lowest BCUT2D eigenvalue weighted by molar-refractivity contribution is -0.0423. The smallest absolute Gasteiger partial charge is 0.123 e. The molecule has 0 fully saturated rings. The van der Waals surface area contributed by atoms with Crippen molar-refractivity contribution in [3.8, 4) is 5.75 Å². The van der Waals surface area contributed by atoms with Gasteiger partial charge in [0.25, 0.3) is 0 Å². The van der Waals surface area contributed by atoms with Gasteiger partial charge in [0.15, 0.2) is 0 Å². The third kappa shape index (κ3) is 7.43.